The molecule has 1 N–H and O–H groups in total. The minimum atomic E-state index is -4.31. The summed E-state index contributed by atoms with van der Waals surface area (Å²) in [5.41, 5.74) is -0.450. The third kappa shape index (κ3) is 4.44. The molecule has 0 saturated carbocycles. The maximum atomic E-state index is 15.5. The number of quaternary nitrogens is 1. The number of alkyl halides is 2. The number of anilines is 1. The number of pyridine rings is 1. The fourth-order valence-corrected chi connectivity index (χ4v) is 7.89. The molecule has 3 aliphatic rings. The first kappa shape index (κ1) is 29.1. The second kappa shape index (κ2) is 9.95. The van der Waals surface area contributed by atoms with Crippen molar-refractivity contribution in [2.75, 3.05) is 18.0 Å². The minimum Gasteiger partial charge on any atom is -0.481 e. The van der Waals surface area contributed by atoms with E-state index < -0.39 is 40.3 Å². The second-order valence-corrected chi connectivity index (χ2v) is 13.3. The van der Waals surface area contributed by atoms with Crippen LogP contribution >= 0.6 is 0 Å². The molecular formula is C30H26F3N6O5S+. The molecule has 232 valence electrons. The summed E-state index contributed by atoms with van der Waals surface area (Å²) in [4.78, 5) is 17.0. The number of nitrogens with zero attached hydrogens (tertiary/aromatic N) is 6. The number of methoxy groups -OCH3 is 1. The lowest BCUT2D eigenvalue weighted by atomic mass is 10.0. The lowest BCUT2D eigenvalue weighted by Crippen LogP contribution is -2.74. The van der Waals surface area contributed by atoms with Gasteiger partial charge in [-0.05, 0) is 38.1 Å². The van der Waals surface area contributed by atoms with Crippen molar-refractivity contribution in [3.8, 4) is 22.8 Å². The van der Waals surface area contributed by atoms with Crippen LogP contribution in [0.3, 0.4) is 0 Å². The number of ether oxygens (including phenoxy) is 2. The first-order valence-electron chi connectivity index (χ1n) is 13.8. The number of halogens is 3. The maximum Gasteiger partial charge on any atom is 0.387 e. The molecule has 1 saturated heterocycles. The first-order valence-corrected chi connectivity index (χ1v) is 15.2. The lowest BCUT2D eigenvalue weighted by Gasteiger charge is -2.49. The van der Waals surface area contributed by atoms with E-state index >= 15 is 4.39 Å². The Kier molecular flexibility index (Phi) is 6.44. The van der Waals surface area contributed by atoms with Crippen LogP contribution in [0.2, 0.25) is 0 Å². The zero-order chi connectivity index (χ0) is 31.9. The second-order valence-electron chi connectivity index (χ2n) is 11.4. The number of sulfonamides is 1. The number of hydrogen-bond acceptors (Lipinski definition) is 9. The number of rotatable bonds is 7. The molecule has 0 aliphatic carbocycles. The molecular weight excluding hydrogens is 613 g/mol. The summed E-state index contributed by atoms with van der Waals surface area (Å²) >= 11 is 0. The molecule has 2 bridgehead atoms. The van der Waals surface area contributed by atoms with Crippen molar-refractivity contribution in [1.29, 1.82) is 0 Å². The van der Waals surface area contributed by atoms with E-state index in [0.717, 1.165) is 6.20 Å². The molecule has 2 aromatic heterocycles. The molecule has 1 fully saturated rings. The molecule has 7 rings (SSSR count). The van der Waals surface area contributed by atoms with E-state index in [4.69, 9.17) is 14.5 Å². The number of aromatic nitrogens is 3. The Bertz CT molecular complexity index is 2080. The summed E-state index contributed by atoms with van der Waals surface area (Å²) in [7, 11) is -2.91. The van der Waals surface area contributed by atoms with Crippen LogP contribution in [0.15, 0.2) is 70.9 Å². The van der Waals surface area contributed by atoms with E-state index in [1.807, 2.05) is 0 Å². The van der Waals surface area contributed by atoms with Gasteiger partial charge in [0.2, 0.25) is 17.7 Å². The molecule has 15 heteroatoms. The van der Waals surface area contributed by atoms with Gasteiger partial charge in [-0.3, -0.25) is 4.99 Å². The van der Waals surface area contributed by atoms with Gasteiger partial charge in [0.1, 0.15) is 34.7 Å². The van der Waals surface area contributed by atoms with Gasteiger partial charge in [-0.1, -0.05) is 6.07 Å². The lowest BCUT2D eigenvalue weighted by molar-refractivity contribution is -0.0505. The van der Waals surface area contributed by atoms with Crippen LogP contribution in [0.25, 0.3) is 17.3 Å². The Morgan fingerprint density at radius 1 is 1.09 bits per heavy atom. The molecule has 3 aliphatic heterocycles. The number of fused-ring (bicyclic) bond motifs is 4. The van der Waals surface area contributed by atoms with Gasteiger partial charge in [0, 0.05) is 35.7 Å². The van der Waals surface area contributed by atoms with Crippen LogP contribution in [0.4, 0.5) is 24.5 Å². The molecule has 2 aromatic carbocycles. The quantitative estimate of drug-likeness (QED) is 0.306. The van der Waals surface area contributed by atoms with Crippen molar-refractivity contribution in [2.24, 2.45) is 4.99 Å². The fraction of sp³-hybridized carbons (Fsp3) is 0.267. The molecule has 45 heavy (non-hydrogen) atoms. The number of aliphatic hydroxyl groups is 1. The Morgan fingerprint density at radius 2 is 1.84 bits per heavy atom. The summed E-state index contributed by atoms with van der Waals surface area (Å²) in [6.45, 7) is 0.101. The predicted octanol–water partition coefficient (Wildman–Crippen LogP) is 2.81. The highest BCUT2D eigenvalue weighted by Crippen LogP contribution is 2.58. The van der Waals surface area contributed by atoms with Crippen LogP contribution in [-0.4, -0.2) is 60.9 Å². The van der Waals surface area contributed by atoms with Crippen LogP contribution in [0.5, 0.6) is 11.6 Å². The molecule has 1 unspecified atom stereocenters. The Balaban J connectivity index is 1.43. The van der Waals surface area contributed by atoms with Gasteiger partial charge in [0.05, 0.1) is 23.9 Å². The van der Waals surface area contributed by atoms with E-state index in [1.165, 1.54) is 74.1 Å². The Hall–Kier alpha value is -4.60. The SMILES string of the molecule is COc1ccc(S(=O)(=O)N2c3cccc(OC(F)F)c3[N@+]34C=c5cc(-c6cnc(C(C)(C)O)nc6)c(F)cc5=N[C@H](C3)C24)cn1. The highest BCUT2D eigenvalue weighted by atomic mass is 32.2. The average molecular weight is 640 g/mol. The van der Waals surface area contributed by atoms with Crippen LogP contribution in [0.1, 0.15) is 19.7 Å². The molecule has 1 spiro atoms. The predicted molar refractivity (Wildman–Crippen MR) is 156 cm³/mol. The molecule has 4 aromatic rings. The highest BCUT2D eigenvalue weighted by molar-refractivity contribution is 7.93. The van der Waals surface area contributed by atoms with E-state index in [-0.39, 0.29) is 55.7 Å². The van der Waals surface area contributed by atoms with Crippen LogP contribution in [-0.2, 0) is 15.6 Å². The molecule has 5 heterocycles. The number of para-hydroxylation sites is 1. The van der Waals surface area contributed by atoms with Crippen molar-refractivity contribution < 1.29 is 36.2 Å². The van der Waals surface area contributed by atoms with Crippen LogP contribution < -0.4 is 28.8 Å². The number of benzene rings is 2. The molecule has 11 nitrogen and oxygen atoms in total. The molecule has 0 amide bonds. The molecule has 0 radical (unpaired) electrons. The minimum absolute atomic E-state index is 0.139. The average Bonchev–Trinajstić information content (AvgIpc) is 3.07. The van der Waals surface area contributed by atoms with Crippen molar-refractivity contribution >= 4 is 27.6 Å². The van der Waals surface area contributed by atoms with Gasteiger partial charge in [0.15, 0.2) is 17.6 Å². The highest BCUT2D eigenvalue weighted by Gasteiger charge is 2.69. The largest absolute Gasteiger partial charge is 0.481 e. The van der Waals surface area contributed by atoms with Gasteiger partial charge in [-0.2, -0.15) is 8.78 Å². The zero-order valence-electron chi connectivity index (χ0n) is 24.1. The topological polar surface area (TPSA) is 127 Å². The van der Waals surface area contributed by atoms with Crippen molar-refractivity contribution in [2.45, 2.75) is 43.2 Å². The third-order valence-electron chi connectivity index (χ3n) is 8.17. The summed E-state index contributed by atoms with van der Waals surface area (Å²) in [5, 5.41) is 10.9. The van der Waals surface area contributed by atoms with Crippen molar-refractivity contribution in [1.82, 2.24) is 19.4 Å². The van der Waals surface area contributed by atoms with E-state index in [9.17, 15) is 22.3 Å². The summed E-state index contributed by atoms with van der Waals surface area (Å²) < 4.78 is 82.2. The van der Waals surface area contributed by atoms with Crippen LogP contribution in [0, 0.1) is 5.82 Å². The molecule has 3 atom stereocenters. The maximum absolute atomic E-state index is 15.5. The summed E-state index contributed by atoms with van der Waals surface area (Å²) in [6, 6.07) is 9.24. The first-order chi connectivity index (χ1) is 21.3. The standard InChI is InChI=1S/C30H26F3N6O5S/c1-30(2,40)28-35-11-17(12-36-28)19-9-16-14-39-15-22(37-21(16)10-20(19)31)27(39)38(23-5-4-6-24(26(23)39)44-29(32)33)45(41,42)18-7-8-25(43-3)34-13-18/h4-14,22,27,29,40H,15H2,1-3H3/q+1/t22-,27?,39+/m1/s1. The monoisotopic (exact) mass is 639 g/mol. The van der Waals surface area contributed by atoms with Gasteiger partial charge >= 0.3 is 6.61 Å². The van der Waals surface area contributed by atoms with Gasteiger partial charge < -0.3 is 14.6 Å². The number of hydrogen-bond donors (Lipinski definition) is 1. The van der Waals surface area contributed by atoms with Crippen molar-refractivity contribution in [3.63, 3.8) is 0 Å². The Labute approximate surface area is 255 Å². The van der Waals surface area contributed by atoms with E-state index in [2.05, 4.69) is 15.0 Å². The smallest absolute Gasteiger partial charge is 0.387 e. The normalized spacial score (nSPS) is 21.5. The summed E-state index contributed by atoms with van der Waals surface area (Å²) in [5.74, 6) is -0.431. The van der Waals surface area contributed by atoms with E-state index in [1.54, 1.807) is 12.3 Å². The van der Waals surface area contributed by atoms with Gasteiger partial charge in [-0.25, -0.2) is 36.5 Å². The van der Waals surface area contributed by atoms with Gasteiger partial charge in [0.25, 0.3) is 10.0 Å². The fourth-order valence-electron chi connectivity index (χ4n) is 6.24. The van der Waals surface area contributed by atoms with Gasteiger partial charge in [-0.15, -0.1) is 0 Å². The Morgan fingerprint density at radius 3 is 2.49 bits per heavy atom. The van der Waals surface area contributed by atoms with Crippen molar-refractivity contribution in [3.05, 3.63) is 83.3 Å². The van der Waals surface area contributed by atoms with E-state index in [0.29, 0.717) is 10.8 Å². The summed E-state index contributed by atoms with van der Waals surface area (Å²) in [6.07, 6.45) is 4.75. The third-order valence-corrected chi connectivity index (χ3v) is 9.94. The zero-order valence-corrected chi connectivity index (χ0v) is 24.9.